The fourth-order valence-corrected chi connectivity index (χ4v) is 6.58. The second-order valence-electron chi connectivity index (χ2n) is 14.3. The quantitative estimate of drug-likeness (QED) is 0.0761. The summed E-state index contributed by atoms with van der Waals surface area (Å²) in [4.78, 5) is 0. The van der Waals surface area contributed by atoms with E-state index in [1.54, 1.807) is 0 Å². The molecular formula is C32H60O6Si. The number of hydrogen-bond acceptors (Lipinski definition) is 6. The van der Waals surface area contributed by atoms with Crippen LogP contribution < -0.4 is 0 Å². The fourth-order valence-electron chi connectivity index (χ4n) is 5.50. The molecule has 0 N–H and O–H groups in total. The number of rotatable bonds is 17. The van der Waals surface area contributed by atoms with Crippen molar-refractivity contribution in [2.75, 3.05) is 19.8 Å². The average Bonchev–Trinajstić information content (AvgIpc) is 3.15. The zero-order chi connectivity index (χ0) is 28.8. The summed E-state index contributed by atoms with van der Waals surface area (Å²) >= 11 is 0. The Morgan fingerprint density at radius 2 is 1.46 bits per heavy atom. The van der Waals surface area contributed by atoms with Crippen LogP contribution in [-0.2, 0) is 28.1 Å². The van der Waals surface area contributed by atoms with Crippen molar-refractivity contribution in [1.29, 1.82) is 0 Å². The molecule has 0 amide bonds. The highest BCUT2D eigenvalue weighted by molar-refractivity contribution is 6.74. The minimum atomic E-state index is -1.83. The molecule has 0 radical (unpaired) electrons. The van der Waals surface area contributed by atoms with Crippen molar-refractivity contribution in [2.45, 2.75) is 173 Å². The van der Waals surface area contributed by atoms with E-state index in [4.69, 9.17) is 28.1 Å². The first-order chi connectivity index (χ1) is 18.2. The summed E-state index contributed by atoms with van der Waals surface area (Å²) in [7, 11) is -1.83. The molecule has 0 spiro atoms. The van der Waals surface area contributed by atoms with Crippen molar-refractivity contribution in [1.82, 2.24) is 0 Å². The van der Waals surface area contributed by atoms with E-state index in [9.17, 15) is 0 Å². The minimum absolute atomic E-state index is 0.00647. The van der Waals surface area contributed by atoms with Crippen LogP contribution in [0.1, 0.15) is 119 Å². The molecule has 0 aliphatic carbocycles. The topological polar surface area (TPSA) is 58.7 Å². The zero-order valence-corrected chi connectivity index (χ0v) is 27.7. The maximum atomic E-state index is 6.49. The van der Waals surface area contributed by atoms with Gasteiger partial charge in [0.15, 0.2) is 19.9 Å². The Morgan fingerprint density at radius 3 is 2.08 bits per heavy atom. The van der Waals surface area contributed by atoms with Crippen LogP contribution in [0.15, 0.2) is 12.2 Å². The lowest BCUT2D eigenvalue weighted by molar-refractivity contribution is -0.168. The van der Waals surface area contributed by atoms with Gasteiger partial charge in [0.1, 0.15) is 23.9 Å². The molecule has 0 aromatic rings. The lowest BCUT2D eigenvalue weighted by Crippen LogP contribution is -2.44. The smallest absolute Gasteiger partial charge is 0.192 e. The molecule has 3 rings (SSSR count). The number of unbranched alkanes of at least 4 members (excludes halogenated alkanes) is 7. The van der Waals surface area contributed by atoms with Crippen LogP contribution in [0.25, 0.3) is 0 Å². The highest BCUT2D eigenvalue weighted by Crippen LogP contribution is 2.47. The summed E-state index contributed by atoms with van der Waals surface area (Å²) in [5.41, 5.74) is -0.309. The fraction of sp³-hybridized carbons (Fsp3) is 0.938. The van der Waals surface area contributed by atoms with Crippen LogP contribution in [0.3, 0.4) is 0 Å². The molecule has 7 heteroatoms. The zero-order valence-electron chi connectivity index (χ0n) is 26.7. The number of ether oxygens (including phenoxy) is 5. The van der Waals surface area contributed by atoms with Gasteiger partial charge in [-0.1, -0.05) is 72.0 Å². The molecule has 228 valence electrons. The van der Waals surface area contributed by atoms with Crippen LogP contribution in [0.4, 0.5) is 0 Å². The van der Waals surface area contributed by atoms with E-state index in [0.717, 1.165) is 32.5 Å². The van der Waals surface area contributed by atoms with Gasteiger partial charge >= 0.3 is 0 Å². The third kappa shape index (κ3) is 9.62. The summed E-state index contributed by atoms with van der Waals surface area (Å²) < 4.78 is 37.4. The van der Waals surface area contributed by atoms with Gasteiger partial charge in [-0.15, -0.1) is 0 Å². The molecule has 3 heterocycles. The number of epoxide rings is 1. The lowest BCUT2D eigenvalue weighted by atomic mass is 9.99. The lowest BCUT2D eigenvalue weighted by Gasteiger charge is -2.36. The van der Waals surface area contributed by atoms with Crippen molar-refractivity contribution < 1.29 is 28.1 Å². The summed E-state index contributed by atoms with van der Waals surface area (Å²) in [6, 6.07) is 0. The van der Waals surface area contributed by atoms with E-state index in [0.29, 0.717) is 6.61 Å². The Hall–Kier alpha value is -0.283. The summed E-state index contributed by atoms with van der Waals surface area (Å²) in [6.07, 6.45) is 17.2. The largest absolute Gasteiger partial charge is 0.414 e. The van der Waals surface area contributed by atoms with Gasteiger partial charge in [-0.25, -0.2) is 0 Å². The van der Waals surface area contributed by atoms with Gasteiger partial charge in [-0.2, -0.15) is 0 Å². The Morgan fingerprint density at radius 1 is 0.846 bits per heavy atom. The Bertz CT molecular complexity index is 769. The first-order valence-electron chi connectivity index (χ1n) is 15.8. The molecule has 3 saturated heterocycles. The molecular weight excluding hydrogens is 508 g/mol. The van der Waals surface area contributed by atoms with E-state index in [-0.39, 0.29) is 34.7 Å². The average molecular weight is 569 g/mol. The normalized spacial score (nSPS) is 30.4. The molecule has 0 aromatic heterocycles. The molecule has 3 fully saturated rings. The van der Waals surface area contributed by atoms with Gasteiger partial charge < -0.3 is 28.1 Å². The van der Waals surface area contributed by atoms with Crippen LogP contribution in [0, 0.1) is 0 Å². The SMILES string of the molecule is CCCCCCC1(CCCCCC/C=C\[C@@H]2OC(C)(C)O[C@H]2[C@@H]2O[C@@]2(C)CO[Si](C)(C)C(C)(C)C)OCCO1. The molecule has 0 aromatic carbocycles. The van der Waals surface area contributed by atoms with Gasteiger partial charge in [0.25, 0.3) is 0 Å². The second kappa shape index (κ2) is 13.8. The molecule has 0 bridgehead atoms. The molecule has 3 aliphatic heterocycles. The molecule has 4 atom stereocenters. The molecule has 39 heavy (non-hydrogen) atoms. The molecule has 6 nitrogen and oxygen atoms in total. The van der Waals surface area contributed by atoms with Gasteiger partial charge in [0.2, 0.25) is 0 Å². The molecule has 0 saturated carbocycles. The number of hydrogen-bond donors (Lipinski definition) is 0. The first-order valence-corrected chi connectivity index (χ1v) is 18.8. The van der Waals surface area contributed by atoms with Crippen LogP contribution >= 0.6 is 0 Å². The predicted molar refractivity (Wildman–Crippen MR) is 160 cm³/mol. The number of allylic oxidation sites excluding steroid dienone is 1. The van der Waals surface area contributed by atoms with Crippen molar-refractivity contribution >= 4 is 8.32 Å². The van der Waals surface area contributed by atoms with Gasteiger partial charge in [-0.3, -0.25) is 0 Å². The monoisotopic (exact) mass is 568 g/mol. The summed E-state index contributed by atoms with van der Waals surface area (Å²) in [5.74, 6) is -0.909. The van der Waals surface area contributed by atoms with Crippen molar-refractivity contribution in [3.8, 4) is 0 Å². The van der Waals surface area contributed by atoms with Gasteiger partial charge in [0.05, 0.1) is 19.8 Å². The third-order valence-electron chi connectivity index (χ3n) is 9.16. The highest BCUT2D eigenvalue weighted by atomic mass is 28.4. The highest BCUT2D eigenvalue weighted by Gasteiger charge is 2.62. The Labute approximate surface area is 241 Å². The third-order valence-corrected chi connectivity index (χ3v) is 13.6. The maximum Gasteiger partial charge on any atom is 0.192 e. The Kier molecular flexibility index (Phi) is 11.7. The van der Waals surface area contributed by atoms with E-state index in [1.165, 1.54) is 51.4 Å². The summed E-state index contributed by atoms with van der Waals surface area (Å²) in [6.45, 7) is 21.9. The maximum absolute atomic E-state index is 6.49. The van der Waals surface area contributed by atoms with Crippen LogP contribution in [0.2, 0.25) is 18.1 Å². The first kappa shape index (κ1) is 33.2. The minimum Gasteiger partial charge on any atom is -0.414 e. The van der Waals surface area contributed by atoms with Crippen molar-refractivity contribution in [2.24, 2.45) is 0 Å². The van der Waals surface area contributed by atoms with E-state index in [2.05, 4.69) is 59.9 Å². The summed E-state index contributed by atoms with van der Waals surface area (Å²) in [5, 5.41) is 0.182. The van der Waals surface area contributed by atoms with E-state index in [1.807, 2.05) is 13.8 Å². The van der Waals surface area contributed by atoms with Crippen LogP contribution in [0.5, 0.6) is 0 Å². The predicted octanol–water partition coefficient (Wildman–Crippen LogP) is 8.30. The molecule has 3 aliphatic rings. The molecule has 0 unspecified atom stereocenters. The Balaban J connectivity index is 1.37. The van der Waals surface area contributed by atoms with Gasteiger partial charge in [-0.05, 0) is 64.6 Å². The van der Waals surface area contributed by atoms with Gasteiger partial charge in [0, 0.05) is 12.8 Å². The van der Waals surface area contributed by atoms with Crippen LogP contribution in [-0.4, -0.2) is 63.6 Å². The van der Waals surface area contributed by atoms with E-state index >= 15 is 0 Å². The standard InChI is InChI=1S/C32H60O6Si/c1-10-11-12-18-21-32(33-23-24-34-32)22-19-16-14-13-15-17-20-26-27(37-30(5,6)36-26)28-31(7,38-28)25-35-39(8,9)29(2,3)4/h17,20,26-28H,10-16,18-19,21-25H2,1-9H3/b20-17-/t26-,27+,28-,31-/m0/s1. The van der Waals surface area contributed by atoms with Crippen molar-refractivity contribution in [3.05, 3.63) is 12.2 Å². The van der Waals surface area contributed by atoms with E-state index < -0.39 is 14.1 Å². The second-order valence-corrected chi connectivity index (χ2v) is 19.1. The van der Waals surface area contributed by atoms with Crippen molar-refractivity contribution in [3.63, 3.8) is 0 Å².